The van der Waals surface area contributed by atoms with Crippen molar-refractivity contribution in [1.82, 2.24) is 10.6 Å². The molecule has 0 saturated carbocycles. The normalized spacial score (nSPS) is 23.9. The van der Waals surface area contributed by atoms with Gasteiger partial charge in [0.05, 0.1) is 11.5 Å². The fourth-order valence-corrected chi connectivity index (χ4v) is 3.31. The smallest absolute Gasteiger partial charge is 0.326 e. The molecule has 1 aliphatic rings. The summed E-state index contributed by atoms with van der Waals surface area (Å²) >= 11 is 0. The number of urea groups is 1. The molecule has 8 heteroatoms. The standard InChI is InChI=1S/C9H16N2O5S/c1-2-7(8(12)13)11-9(14)10-6-3-4-17(15,16)5-6/h6-7H,2-5H2,1H3,(H,12,13)(H2,10,11,14)/t6?,7-/m1/s1. The molecule has 7 nitrogen and oxygen atoms in total. The van der Waals surface area contributed by atoms with Crippen molar-refractivity contribution in [2.75, 3.05) is 11.5 Å². The number of carboxylic acid groups (broad SMARTS) is 1. The van der Waals surface area contributed by atoms with Crippen LogP contribution in [0.25, 0.3) is 0 Å². The predicted molar refractivity (Wildman–Crippen MR) is 60.4 cm³/mol. The number of hydrogen-bond donors (Lipinski definition) is 3. The van der Waals surface area contributed by atoms with E-state index in [0.717, 1.165) is 0 Å². The Morgan fingerprint density at radius 1 is 1.47 bits per heavy atom. The Balaban J connectivity index is 2.43. The third-order valence-corrected chi connectivity index (χ3v) is 4.35. The van der Waals surface area contributed by atoms with Crippen LogP contribution in [0.1, 0.15) is 19.8 Å². The van der Waals surface area contributed by atoms with E-state index in [9.17, 15) is 18.0 Å². The molecule has 2 amide bonds. The summed E-state index contributed by atoms with van der Waals surface area (Å²) in [6.07, 6.45) is 0.644. The van der Waals surface area contributed by atoms with Gasteiger partial charge in [0, 0.05) is 6.04 Å². The number of carbonyl (C=O) groups excluding carboxylic acids is 1. The zero-order valence-electron chi connectivity index (χ0n) is 9.47. The van der Waals surface area contributed by atoms with Gasteiger partial charge in [-0.3, -0.25) is 0 Å². The van der Waals surface area contributed by atoms with Crippen molar-refractivity contribution in [3.05, 3.63) is 0 Å². The fourth-order valence-electron chi connectivity index (χ4n) is 1.63. The van der Waals surface area contributed by atoms with Crippen molar-refractivity contribution in [1.29, 1.82) is 0 Å². The lowest BCUT2D eigenvalue weighted by Crippen LogP contribution is -2.49. The van der Waals surface area contributed by atoms with E-state index in [0.29, 0.717) is 6.42 Å². The van der Waals surface area contributed by atoms with Gasteiger partial charge in [-0.2, -0.15) is 0 Å². The van der Waals surface area contributed by atoms with E-state index in [4.69, 9.17) is 5.11 Å². The number of carboxylic acids is 1. The molecule has 3 N–H and O–H groups in total. The van der Waals surface area contributed by atoms with E-state index in [2.05, 4.69) is 10.6 Å². The van der Waals surface area contributed by atoms with Crippen LogP contribution in [0, 0.1) is 0 Å². The molecule has 98 valence electrons. The van der Waals surface area contributed by atoms with Gasteiger partial charge in [-0.25, -0.2) is 18.0 Å². The quantitative estimate of drug-likeness (QED) is 0.623. The molecular formula is C9H16N2O5S. The Hall–Kier alpha value is -1.31. The zero-order valence-corrected chi connectivity index (χ0v) is 10.3. The lowest BCUT2D eigenvalue weighted by molar-refractivity contribution is -0.139. The van der Waals surface area contributed by atoms with Crippen molar-refractivity contribution in [3.63, 3.8) is 0 Å². The average molecular weight is 264 g/mol. The lowest BCUT2D eigenvalue weighted by Gasteiger charge is -2.15. The Labute approximate surface area is 99.5 Å². The largest absolute Gasteiger partial charge is 0.480 e. The number of rotatable bonds is 4. The van der Waals surface area contributed by atoms with Gasteiger partial charge in [-0.15, -0.1) is 0 Å². The summed E-state index contributed by atoms with van der Waals surface area (Å²) in [7, 11) is -3.05. The summed E-state index contributed by atoms with van der Waals surface area (Å²) < 4.78 is 22.3. The third kappa shape index (κ3) is 4.22. The first-order valence-corrected chi connectivity index (χ1v) is 7.16. The molecule has 0 aromatic rings. The highest BCUT2D eigenvalue weighted by Crippen LogP contribution is 2.10. The first-order chi connectivity index (χ1) is 7.84. The second-order valence-corrected chi connectivity index (χ2v) is 6.25. The molecule has 1 unspecified atom stereocenters. The van der Waals surface area contributed by atoms with Gasteiger partial charge in [-0.1, -0.05) is 6.92 Å². The highest BCUT2D eigenvalue weighted by atomic mass is 32.2. The van der Waals surface area contributed by atoms with Crippen molar-refractivity contribution < 1.29 is 23.1 Å². The highest BCUT2D eigenvalue weighted by molar-refractivity contribution is 7.91. The van der Waals surface area contributed by atoms with Crippen LogP contribution in [-0.2, 0) is 14.6 Å². The molecule has 0 radical (unpaired) electrons. The molecule has 1 aliphatic heterocycles. The Kier molecular flexibility index (Phi) is 4.33. The van der Waals surface area contributed by atoms with Gasteiger partial charge in [0.25, 0.3) is 0 Å². The van der Waals surface area contributed by atoms with E-state index in [1.807, 2.05) is 0 Å². The van der Waals surface area contributed by atoms with Crippen LogP contribution in [0.4, 0.5) is 4.79 Å². The molecule has 0 aromatic heterocycles. The molecule has 1 heterocycles. The highest BCUT2D eigenvalue weighted by Gasteiger charge is 2.29. The van der Waals surface area contributed by atoms with Crippen LogP contribution >= 0.6 is 0 Å². The van der Waals surface area contributed by atoms with Crippen LogP contribution in [-0.4, -0.2) is 49.1 Å². The zero-order chi connectivity index (χ0) is 13.1. The molecule has 2 atom stereocenters. The van der Waals surface area contributed by atoms with Gasteiger partial charge >= 0.3 is 12.0 Å². The maximum atomic E-state index is 11.4. The maximum Gasteiger partial charge on any atom is 0.326 e. The topological polar surface area (TPSA) is 113 Å². The number of hydrogen-bond acceptors (Lipinski definition) is 4. The van der Waals surface area contributed by atoms with Crippen LogP contribution in [0.2, 0.25) is 0 Å². The number of aliphatic carboxylic acids is 1. The Bertz CT molecular complexity index is 406. The molecular weight excluding hydrogens is 248 g/mol. The van der Waals surface area contributed by atoms with Gasteiger partial charge in [0.15, 0.2) is 9.84 Å². The molecule has 0 bridgehead atoms. The van der Waals surface area contributed by atoms with Crippen molar-refractivity contribution in [2.24, 2.45) is 0 Å². The molecule has 1 rings (SSSR count). The fraction of sp³-hybridized carbons (Fsp3) is 0.778. The summed E-state index contributed by atoms with van der Waals surface area (Å²) in [5.74, 6) is -1.13. The van der Waals surface area contributed by atoms with Gasteiger partial charge < -0.3 is 15.7 Å². The number of carbonyl (C=O) groups is 2. The second kappa shape index (κ2) is 5.35. The first-order valence-electron chi connectivity index (χ1n) is 5.34. The lowest BCUT2D eigenvalue weighted by atomic mass is 10.2. The third-order valence-electron chi connectivity index (χ3n) is 2.58. The second-order valence-electron chi connectivity index (χ2n) is 4.02. The minimum absolute atomic E-state index is 0.0636. The first kappa shape index (κ1) is 13.8. The molecule has 0 aromatic carbocycles. The number of nitrogens with one attached hydrogen (secondary N) is 2. The minimum atomic E-state index is -3.05. The summed E-state index contributed by atoms with van der Waals surface area (Å²) in [4.78, 5) is 22.1. The van der Waals surface area contributed by atoms with E-state index >= 15 is 0 Å². The molecule has 1 fully saturated rings. The number of sulfone groups is 1. The number of amides is 2. The van der Waals surface area contributed by atoms with Crippen LogP contribution in [0.5, 0.6) is 0 Å². The van der Waals surface area contributed by atoms with E-state index < -0.39 is 33.9 Å². The van der Waals surface area contributed by atoms with Crippen LogP contribution < -0.4 is 10.6 Å². The average Bonchev–Trinajstić information content (AvgIpc) is 2.54. The Morgan fingerprint density at radius 2 is 2.12 bits per heavy atom. The van der Waals surface area contributed by atoms with Crippen molar-refractivity contribution in [2.45, 2.75) is 31.8 Å². The van der Waals surface area contributed by atoms with Gasteiger partial charge in [-0.05, 0) is 12.8 Å². The van der Waals surface area contributed by atoms with Gasteiger partial charge in [0.2, 0.25) is 0 Å². The SMILES string of the molecule is CC[C@@H](NC(=O)NC1CCS(=O)(=O)C1)C(=O)O. The summed E-state index contributed by atoms with van der Waals surface area (Å²) in [5.41, 5.74) is 0. The molecule has 1 saturated heterocycles. The van der Waals surface area contributed by atoms with Crippen molar-refractivity contribution in [3.8, 4) is 0 Å². The van der Waals surface area contributed by atoms with Crippen LogP contribution in [0.15, 0.2) is 0 Å². The van der Waals surface area contributed by atoms with E-state index in [-0.39, 0.29) is 17.9 Å². The minimum Gasteiger partial charge on any atom is -0.480 e. The van der Waals surface area contributed by atoms with Crippen LogP contribution in [0.3, 0.4) is 0 Å². The summed E-state index contributed by atoms with van der Waals surface area (Å²) in [5, 5.41) is 13.5. The van der Waals surface area contributed by atoms with E-state index in [1.54, 1.807) is 6.92 Å². The molecule has 17 heavy (non-hydrogen) atoms. The van der Waals surface area contributed by atoms with Crippen molar-refractivity contribution >= 4 is 21.8 Å². The maximum absolute atomic E-state index is 11.4. The molecule has 0 aliphatic carbocycles. The predicted octanol–water partition coefficient (Wildman–Crippen LogP) is -0.664. The van der Waals surface area contributed by atoms with Gasteiger partial charge in [0.1, 0.15) is 6.04 Å². The monoisotopic (exact) mass is 264 g/mol. The summed E-state index contributed by atoms with van der Waals surface area (Å²) in [6.45, 7) is 1.64. The van der Waals surface area contributed by atoms with E-state index in [1.165, 1.54) is 0 Å². The molecule has 0 spiro atoms. The Morgan fingerprint density at radius 3 is 2.53 bits per heavy atom. The summed E-state index contributed by atoms with van der Waals surface area (Å²) in [6, 6.07) is -2.01.